The van der Waals surface area contributed by atoms with Gasteiger partial charge in [0.25, 0.3) is 0 Å². The van der Waals surface area contributed by atoms with E-state index >= 15 is 0 Å². The molecule has 0 saturated carbocycles. The molecule has 2 heterocycles. The third-order valence-corrected chi connectivity index (χ3v) is 5.72. The molecule has 1 saturated heterocycles. The van der Waals surface area contributed by atoms with Crippen molar-refractivity contribution in [3.63, 3.8) is 0 Å². The van der Waals surface area contributed by atoms with Gasteiger partial charge in [0.05, 0.1) is 23.1 Å². The van der Waals surface area contributed by atoms with Crippen LogP contribution in [0.2, 0.25) is 0 Å². The Bertz CT molecular complexity index is 1080. The van der Waals surface area contributed by atoms with Crippen LogP contribution >= 0.6 is 0 Å². The molecule has 1 aliphatic heterocycles. The first kappa shape index (κ1) is 25.7. The Kier molecular flexibility index (Phi) is 7.08. The largest absolute Gasteiger partial charge is 0.480 e. The number of carbonyl (C=O) groups is 2. The number of nitrogens with zero attached hydrogens (tertiary/aromatic N) is 1. The number of piperidine rings is 1. The number of pyridine rings is 1. The standard InChI is InChI=1S/C21H21F6N3O4/c1-9(19(33)34)29-18(32)10-5-6-14(28-8-10)17(31)12-7-15(21(25,26)27)30-16-11(12)3-2-4-13(16)20(22,23)24/h2-4,7,9-10,14,17,28,31H,5-6,8H2,1H3,(H,29,32)(H,33,34). The fourth-order valence-corrected chi connectivity index (χ4v) is 3.87. The molecule has 0 spiro atoms. The molecule has 0 radical (unpaired) electrons. The number of aromatic nitrogens is 1. The SMILES string of the molecule is CC(NC(=O)C1CCC(C(O)c2cc(C(F)(F)F)nc3c(C(F)(F)F)cccc23)NC1)C(=O)O. The van der Waals surface area contributed by atoms with Crippen molar-refractivity contribution in [1.29, 1.82) is 0 Å². The summed E-state index contributed by atoms with van der Waals surface area (Å²) < 4.78 is 80.5. The highest BCUT2D eigenvalue weighted by Crippen LogP contribution is 2.40. The molecule has 1 amide bonds. The van der Waals surface area contributed by atoms with Gasteiger partial charge in [0.2, 0.25) is 5.91 Å². The predicted molar refractivity (Wildman–Crippen MR) is 106 cm³/mol. The number of amides is 1. The van der Waals surface area contributed by atoms with Crippen LogP contribution in [0.3, 0.4) is 0 Å². The number of aliphatic carboxylic acids is 1. The molecule has 1 aliphatic rings. The van der Waals surface area contributed by atoms with Crippen LogP contribution in [-0.4, -0.2) is 45.7 Å². The average molecular weight is 493 g/mol. The summed E-state index contributed by atoms with van der Waals surface area (Å²) in [6, 6.07) is 1.34. The normalized spacial score (nSPS) is 21.2. The number of para-hydroxylation sites is 1. The number of carbonyl (C=O) groups excluding carboxylic acids is 1. The lowest BCUT2D eigenvalue weighted by atomic mass is 9.87. The van der Waals surface area contributed by atoms with Crippen LogP contribution in [0.25, 0.3) is 10.9 Å². The summed E-state index contributed by atoms with van der Waals surface area (Å²) in [6.45, 7) is 1.27. The zero-order valence-corrected chi connectivity index (χ0v) is 17.7. The van der Waals surface area contributed by atoms with E-state index in [1.54, 1.807) is 0 Å². The lowest BCUT2D eigenvalue weighted by molar-refractivity contribution is -0.142. The van der Waals surface area contributed by atoms with E-state index in [-0.39, 0.29) is 30.3 Å². The number of alkyl halides is 6. The monoisotopic (exact) mass is 493 g/mol. The van der Waals surface area contributed by atoms with E-state index in [1.165, 1.54) is 6.92 Å². The van der Waals surface area contributed by atoms with E-state index in [9.17, 15) is 41.0 Å². The summed E-state index contributed by atoms with van der Waals surface area (Å²) in [7, 11) is 0. The Morgan fingerprint density at radius 1 is 1.15 bits per heavy atom. The van der Waals surface area contributed by atoms with Gasteiger partial charge in [0.15, 0.2) is 0 Å². The van der Waals surface area contributed by atoms with E-state index in [2.05, 4.69) is 15.6 Å². The van der Waals surface area contributed by atoms with E-state index < -0.39 is 65.1 Å². The van der Waals surface area contributed by atoms with Crippen LogP contribution in [0.5, 0.6) is 0 Å². The number of halogens is 6. The molecule has 1 aromatic heterocycles. The van der Waals surface area contributed by atoms with Crippen molar-refractivity contribution < 1.29 is 46.1 Å². The van der Waals surface area contributed by atoms with E-state index in [0.29, 0.717) is 12.1 Å². The molecule has 2 aromatic rings. The number of rotatable bonds is 5. The molecular formula is C21H21F6N3O4. The molecule has 4 unspecified atom stereocenters. The van der Waals surface area contributed by atoms with E-state index in [4.69, 9.17) is 5.11 Å². The van der Waals surface area contributed by atoms with Gasteiger partial charge in [-0.2, -0.15) is 26.3 Å². The van der Waals surface area contributed by atoms with Gasteiger partial charge in [-0.15, -0.1) is 0 Å². The summed E-state index contributed by atoms with van der Waals surface area (Å²) >= 11 is 0. The van der Waals surface area contributed by atoms with E-state index in [1.807, 2.05) is 0 Å². The van der Waals surface area contributed by atoms with Crippen LogP contribution in [-0.2, 0) is 21.9 Å². The Hall–Kier alpha value is -2.93. The number of hydrogen-bond acceptors (Lipinski definition) is 5. The maximum Gasteiger partial charge on any atom is 0.433 e. The third-order valence-electron chi connectivity index (χ3n) is 5.72. The Labute approximate surface area is 189 Å². The van der Waals surface area contributed by atoms with Crippen LogP contribution in [0.4, 0.5) is 26.3 Å². The highest BCUT2D eigenvalue weighted by Gasteiger charge is 2.39. The smallest absolute Gasteiger partial charge is 0.433 e. The van der Waals surface area contributed by atoms with Crippen molar-refractivity contribution in [2.75, 3.05) is 6.54 Å². The number of nitrogens with one attached hydrogen (secondary N) is 2. The van der Waals surface area contributed by atoms with E-state index in [0.717, 1.165) is 12.1 Å². The van der Waals surface area contributed by atoms with Crippen LogP contribution in [0.15, 0.2) is 24.3 Å². The molecule has 0 aliphatic carbocycles. The van der Waals surface area contributed by atoms with Crippen molar-refractivity contribution in [3.05, 3.63) is 41.1 Å². The number of carboxylic acids is 1. The number of carboxylic acid groups (broad SMARTS) is 1. The molecule has 4 N–H and O–H groups in total. The first-order chi connectivity index (χ1) is 15.7. The van der Waals surface area contributed by atoms with Gasteiger partial charge in [0.1, 0.15) is 11.7 Å². The predicted octanol–water partition coefficient (Wildman–Crippen LogP) is 3.26. The van der Waals surface area contributed by atoms with Crippen molar-refractivity contribution in [1.82, 2.24) is 15.6 Å². The zero-order chi connectivity index (χ0) is 25.4. The maximum atomic E-state index is 13.4. The van der Waals surface area contributed by atoms with Crippen molar-refractivity contribution in [2.24, 2.45) is 5.92 Å². The minimum Gasteiger partial charge on any atom is -0.480 e. The van der Waals surface area contributed by atoms with Gasteiger partial charge in [-0.25, -0.2) is 4.98 Å². The lowest BCUT2D eigenvalue weighted by Crippen LogP contribution is -2.49. The highest BCUT2D eigenvalue weighted by atomic mass is 19.4. The summed E-state index contributed by atoms with van der Waals surface area (Å²) in [6.07, 6.45) is -11.4. The zero-order valence-electron chi connectivity index (χ0n) is 17.7. The Morgan fingerprint density at radius 3 is 2.35 bits per heavy atom. The first-order valence-corrected chi connectivity index (χ1v) is 10.2. The van der Waals surface area contributed by atoms with Crippen molar-refractivity contribution in [3.8, 4) is 0 Å². The first-order valence-electron chi connectivity index (χ1n) is 10.2. The van der Waals surface area contributed by atoms with Gasteiger partial charge in [-0.05, 0) is 37.5 Å². The summed E-state index contributed by atoms with van der Waals surface area (Å²) in [5.41, 5.74) is -4.22. The molecule has 1 aromatic carbocycles. The third kappa shape index (κ3) is 5.41. The number of benzene rings is 1. The molecule has 7 nitrogen and oxygen atoms in total. The molecule has 3 rings (SSSR count). The molecule has 34 heavy (non-hydrogen) atoms. The van der Waals surface area contributed by atoms with Gasteiger partial charge in [-0.3, -0.25) is 9.59 Å². The molecule has 0 bridgehead atoms. The van der Waals surface area contributed by atoms with Crippen LogP contribution in [0.1, 0.15) is 42.7 Å². The van der Waals surface area contributed by atoms with Crippen LogP contribution < -0.4 is 10.6 Å². The average Bonchev–Trinajstić information content (AvgIpc) is 2.76. The van der Waals surface area contributed by atoms with Gasteiger partial charge < -0.3 is 20.8 Å². The highest BCUT2D eigenvalue weighted by molar-refractivity contribution is 5.86. The molecule has 4 atom stereocenters. The van der Waals surface area contributed by atoms with Gasteiger partial charge in [-0.1, -0.05) is 12.1 Å². The quantitative estimate of drug-likeness (QED) is 0.476. The molecule has 1 fully saturated rings. The Morgan fingerprint density at radius 2 is 1.82 bits per heavy atom. The summed E-state index contributed by atoms with van der Waals surface area (Å²) in [4.78, 5) is 26.3. The minimum absolute atomic E-state index is 0.0111. The Balaban J connectivity index is 1.90. The molecule has 13 heteroatoms. The van der Waals surface area contributed by atoms with Gasteiger partial charge >= 0.3 is 18.3 Å². The van der Waals surface area contributed by atoms with Crippen molar-refractivity contribution >= 4 is 22.8 Å². The molecule has 186 valence electrons. The van der Waals surface area contributed by atoms with Crippen molar-refractivity contribution in [2.45, 2.75) is 50.3 Å². The summed E-state index contributed by atoms with van der Waals surface area (Å²) in [5, 5.41) is 24.6. The fourth-order valence-electron chi connectivity index (χ4n) is 3.87. The van der Waals surface area contributed by atoms with Gasteiger partial charge in [0, 0.05) is 18.0 Å². The second-order valence-electron chi connectivity index (χ2n) is 8.10. The van der Waals surface area contributed by atoms with Crippen LogP contribution in [0, 0.1) is 5.92 Å². The molecular weight excluding hydrogens is 472 g/mol. The number of aliphatic hydroxyl groups excluding tert-OH is 1. The maximum absolute atomic E-state index is 13.4. The minimum atomic E-state index is -5.05. The lowest BCUT2D eigenvalue weighted by Gasteiger charge is -2.33. The number of hydrogen-bond donors (Lipinski definition) is 4. The number of aliphatic hydroxyl groups is 1. The second-order valence-corrected chi connectivity index (χ2v) is 8.10. The summed E-state index contributed by atoms with van der Waals surface area (Å²) in [5.74, 6) is -2.42. The second kappa shape index (κ2) is 9.37. The fraction of sp³-hybridized carbons (Fsp3) is 0.476. The topological polar surface area (TPSA) is 112 Å². The number of fused-ring (bicyclic) bond motifs is 1.